The highest BCUT2D eigenvalue weighted by atomic mass is 16.5. The molecule has 0 aliphatic carbocycles. The first-order valence-electron chi connectivity index (χ1n) is 5.82. The number of para-hydroxylation sites is 1. The second-order valence-corrected chi connectivity index (χ2v) is 4.00. The molecule has 86 valence electrons. The summed E-state index contributed by atoms with van der Waals surface area (Å²) in [5.74, 6) is -0.140. The molecule has 3 nitrogen and oxygen atoms in total. The van der Waals surface area contributed by atoms with Gasteiger partial charge in [0.2, 0.25) is 0 Å². The average Bonchev–Trinajstić information content (AvgIpc) is 2.51. The van der Waals surface area contributed by atoms with Gasteiger partial charge < -0.3 is 10.1 Å². The van der Waals surface area contributed by atoms with Gasteiger partial charge in [0.05, 0.1) is 6.61 Å². The minimum atomic E-state index is -0.191. The average molecular weight is 219 g/mol. The van der Waals surface area contributed by atoms with Crippen LogP contribution in [0, 0.1) is 0 Å². The number of anilines is 1. The van der Waals surface area contributed by atoms with Crippen molar-refractivity contribution in [2.24, 2.45) is 0 Å². The molecule has 1 unspecified atom stereocenters. The maximum absolute atomic E-state index is 11.7. The maximum atomic E-state index is 11.7. The molecule has 0 saturated heterocycles. The van der Waals surface area contributed by atoms with Gasteiger partial charge >= 0.3 is 5.97 Å². The fraction of sp³-hybridized carbons (Fsp3) is 0.462. The molecule has 0 aromatic heterocycles. The number of benzene rings is 1. The molecule has 0 amide bonds. The number of hydrogen-bond acceptors (Lipinski definition) is 3. The monoisotopic (exact) mass is 219 g/mol. The third-order valence-electron chi connectivity index (χ3n) is 2.86. The Balaban J connectivity index is 2.13. The zero-order valence-electron chi connectivity index (χ0n) is 9.53. The van der Waals surface area contributed by atoms with E-state index in [2.05, 4.69) is 11.4 Å². The van der Waals surface area contributed by atoms with E-state index >= 15 is 0 Å². The molecule has 0 bridgehead atoms. The molecule has 16 heavy (non-hydrogen) atoms. The number of rotatable bonds is 2. The van der Waals surface area contributed by atoms with Crippen LogP contribution in [0.5, 0.6) is 0 Å². The van der Waals surface area contributed by atoms with Crippen molar-refractivity contribution < 1.29 is 9.53 Å². The zero-order valence-corrected chi connectivity index (χ0v) is 9.53. The largest absolute Gasteiger partial charge is 0.464 e. The Morgan fingerprint density at radius 3 is 3.12 bits per heavy atom. The smallest absolute Gasteiger partial charge is 0.328 e. The molecule has 1 aromatic carbocycles. The highest BCUT2D eigenvalue weighted by Gasteiger charge is 2.22. The van der Waals surface area contributed by atoms with Crippen LogP contribution in [-0.4, -0.2) is 18.6 Å². The van der Waals surface area contributed by atoms with E-state index in [1.807, 2.05) is 25.1 Å². The van der Waals surface area contributed by atoms with Gasteiger partial charge in [-0.15, -0.1) is 0 Å². The number of carbonyl (C=O) groups excluding carboxylic acids is 1. The second kappa shape index (κ2) is 5.01. The number of nitrogens with one attached hydrogen (secondary N) is 1. The third kappa shape index (κ3) is 2.35. The van der Waals surface area contributed by atoms with E-state index in [4.69, 9.17) is 4.74 Å². The summed E-state index contributed by atoms with van der Waals surface area (Å²) in [6, 6.07) is 7.96. The van der Waals surface area contributed by atoms with Crippen molar-refractivity contribution in [1.29, 1.82) is 0 Å². The van der Waals surface area contributed by atoms with Crippen LogP contribution in [-0.2, 0) is 16.0 Å². The summed E-state index contributed by atoms with van der Waals surface area (Å²) in [5.41, 5.74) is 2.35. The number of carbonyl (C=O) groups is 1. The van der Waals surface area contributed by atoms with Crippen molar-refractivity contribution in [1.82, 2.24) is 0 Å². The molecule has 0 spiro atoms. The third-order valence-corrected chi connectivity index (χ3v) is 2.86. The Labute approximate surface area is 95.8 Å². The first-order valence-corrected chi connectivity index (χ1v) is 5.82. The van der Waals surface area contributed by atoms with Crippen molar-refractivity contribution in [2.75, 3.05) is 11.9 Å². The Kier molecular flexibility index (Phi) is 3.44. The van der Waals surface area contributed by atoms with Gasteiger partial charge in [0, 0.05) is 5.69 Å². The van der Waals surface area contributed by atoms with Gasteiger partial charge in [-0.25, -0.2) is 4.79 Å². The summed E-state index contributed by atoms with van der Waals surface area (Å²) >= 11 is 0. The van der Waals surface area contributed by atoms with Gasteiger partial charge in [0.1, 0.15) is 6.04 Å². The highest BCUT2D eigenvalue weighted by molar-refractivity contribution is 5.80. The van der Waals surface area contributed by atoms with Crippen molar-refractivity contribution in [2.45, 2.75) is 32.2 Å². The van der Waals surface area contributed by atoms with E-state index in [9.17, 15) is 4.79 Å². The van der Waals surface area contributed by atoms with Crippen LogP contribution in [0.25, 0.3) is 0 Å². The predicted molar refractivity (Wildman–Crippen MR) is 63.4 cm³/mol. The quantitative estimate of drug-likeness (QED) is 0.776. The second-order valence-electron chi connectivity index (χ2n) is 4.00. The van der Waals surface area contributed by atoms with E-state index < -0.39 is 0 Å². The molecule has 1 heterocycles. The first kappa shape index (κ1) is 11.0. The summed E-state index contributed by atoms with van der Waals surface area (Å²) in [4.78, 5) is 11.7. The summed E-state index contributed by atoms with van der Waals surface area (Å²) in [6.45, 7) is 2.28. The van der Waals surface area contributed by atoms with Gasteiger partial charge in [-0.3, -0.25) is 0 Å². The van der Waals surface area contributed by atoms with Gasteiger partial charge in [-0.1, -0.05) is 18.2 Å². The SMILES string of the molecule is CCOC(=O)C1CCCc2ccccc2N1. The van der Waals surface area contributed by atoms with E-state index in [-0.39, 0.29) is 12.0 Å². The summed E-state index contributed by atoms with van der Waals surface area (Å²) < 4.78 is 5.05. The molecule has 0 saturated carbocycles. The number of fused-ring (bicyclic) bond motifs is 1. The number of aryl methyl sites for hydroxylation is 1. The topological polar surface area (TPSA) is 38.3 Å². The Morgan fingerprint density at radius 2 is 2.31 bits per heavy atom. The van der Waals surface area contributed by atoms with E-state index in [1.165, 1.54) is 5.56 Å². The van der Waals surface area contributed by atoms with E-state index in [0.717, 1.165) is 24.9 Å². The molecule has 2 rings (SSSR count). The molecule has 1 atom stereocenters. The highest BCUT2D eigenvalue weighted by Crippen LogP contribution is 2.23. The molecule has 3 heteroatoms. The fourth-order valence-electron chi connectivity index (χ4n) is 2.06. The normalized spacial score (nSPS) is 19.2. The molecule has 0 radical (unpaired) electrons. The molecule has 1 aliphatic heterocycles. The molecule has 0 fully saturated rings. The number of ether oxygens (including phenoxy) is 1. The maximum Gasteiger partial charge on any atom is 0.328 e. The van der Waals surface area contributed by atoms with Crippen molar-refractivity contribution in [3.63, 3.8) is 0 Å². The lowest BCUT2D eigenvalue weighted by molar-refractivity contribution is -0.144. The van der Waals surface area contributed by atoms with Gasteiger partial charge in [-0.05, 0) is 37.8 Å². The van der Waals surface area contributed by atoms with E-state index in [0.29, 0.717) is 6.61 Å². The standard InChI is InChI=1S/C13H17NO2/c1-2-16-13(15)12-9-5-7-10-6-3-4-8-11(10)14-12/h3-4,6,8,12,14H,2,5,7,9H2,1H3. The van der Waals surface area contributed by atoms with Crippen LogP contribution >= 0.6 is 0 Å². The Morgan fingerprint density at radius 1 is 1.50 bits per heavy atom. The predicted octanol–water partition coefficient (Wildman–Crippen LogP) is 2.37. The summed E-state index contributed by atoms with van der Waals surface area (Å²) in [5, 5.41) is 3.27. The lowest BCUT2D eigenvalue weighted by Crippen LogP contribution is -2.30. The lowest BCUT2D eigenvalue weighted by Gasteiger charge is -2.16. The first-order chi connectivity index (χ1) is 7.81. The van der Waals surface area contributed by atoms with Crippen molar-refractivity contribution in [3.8, 4) is 0 Å². The molecular formula is C13H17NO2. The summed E-state index contributed by atoms with van der Waals surface area (Å²) in [7, 11) is 0. The minimum absolute atomic E-state index is 0.140. The Hall–Kier alpha value is -1.51. The van der Waals surface area contributed by atoms with E-state index in [1.54, 1.807) is 0 Å². The van der Waals surface area contributed by atoms with Crippen LogP contribution in [0.3, 0.4) is 0 Å². The summed E-state index contributed by atoms with van der Waals surface area (Å²) in [6.07, 6.45) is 2.89. The number of esters is 1. The zero-order chi connectivity index (χ0) is 11.4. The van der Waals surface area contributed by atoms with Crippen LogP contribution in [0.1, 0.15) is 25.3 Å². The molecule has 1 aromatic rings. The molecule has 1 aliphatic rings. The van der Waals surface area contributed by atoms with Gasteiger partial charge in [0.25, 0.3) is 0 Å². The van der Waals surface area contributed by atoms with Crippen molar-refractivity contribution in [3.05, 3.63) is 29.8 Å². The van der Waals surface area contributed by atoms with Crippen LogP contribution < -0.4 is 5.32 Å². The molecule has 1 N–H and O–H groups in total. The van der Waals surface area contributed by atoms with Crippen LogP contribution in [0.15, 0.2) is 24.3 Å². The van der Waals surface area contributed by atoms with Gasteiger partial charge in [0.15, 0.2) is 0 Å². The van der Waals surface area contributed by atoms with Crippen LogP contribution in [0.4, 0.5) is 5.69 Å². The minimum Gasteiger partial charge on any atom is -0.464 e. The van der Waals surface area contributed by atoms with Crippen molar-refractivity contribution >= 4 is 11.7 Å². The fourth-order valence-corrected chi connectivity index (χ4v) is 2.06. The van der Waals surface area contributed by atoms with Crippen LogP contribution in [0.2, 0.25) is 0 Å². The lowest BCUT2D eigenvalue weighted by atomic mass is 10.1. The molecular weight excluding hydrogens is 202 g/mol. The number of hydrogen-bond donors (Lipinski definition) is 1. The Bertz CT molecular complexity index is 376. The van der Waals surface area contributed by atoms with Gasteiger partial charge in [-0.2, -0.15) is 0 Å².